The van der Waals surface area contributed by atoms with Crippen molar-refractivity contribution in [3.8, 4) is 5.00 Å². The van der Waals surface area contributed by atoms with Crippen LogP contribution in [0.2, 0.25) is 0 Å². The molecule has 1 aliphatic carbocycles. The van der Waals surface area contributed by atoms with Gasteiger partial charge in [-0.15, -0.1) is 16.4 Å². The van der Waals surface area contributed by atoms with Crippen molar-refractivity contribution in [3.63, 3.8) is 0 Å². The van der Waals surface area contributed by atoms with Gasteiger partial charge in [0, 0.05) is 11.1 Å². The van der Waals surface area contributed by atoms with Crippen molar-refractivity contribution in [1.29, 1.82) is 0 Å². The van der Waals surface area contributed by atoms with Gasteiger partial charge in [0.15, 0.2) is 0 Å². The molecule has 0 radical (unpaired) electrons. The van der Waals surface area contributed by atoms with E-state index in [1.54, 1.807) is 22.2 Å². The molecule has 122 valence electrons. The van der Waals surface area contributed by atoms with Gasteiger partial charge in [0.25, 0.3) is 5.91 Å². The first-order chi connectivity index (χ1) is 11.8. The molecular weight excluding hydrogens is 324 g/mol. The first kappa shape index (κ1) is 14.9. The summed E-state index contributed by atoms with van der Waals surface area (Å²) in [5, 5.41) is 15.1. The van der Waals surface area contributed by atoms with E-state index >= 15 is 0 Å². The third-order valence-electron chi connectivity index (χ3n) is 4.09. The predicted octanol–water partition coefficient (Wildman–Crippen LogP) is 1.93. The normalized spacial score (nSPS) is 13.5. The Labute approximate surface area is 142 Å². The fourth-order valence-electron chi connectivity index (χ4n) is 2.96. The second-order valence-corrected chi connectivity index (χ2v) is 6.73. The van der Waals surface area contributed by atoms with Gasteiger partial charge in [-0.1, -0.05) is 6.07 Å². The Bertz CT molecular complexity index is 843. The van der Waals surface area contributed by atoms with Gasteiger partial charge < -0.3 is 5.32 Å². The molecule has 0 spiro atoms. The summed E-state index contributed by atoms with van der Waals surface area (Å²) in [6.07, 6.45) is 7.48. The van der Waals surface area contributed by atoms with Crippen LogP contribution in [-0.2, 0) is 19.4 Å². The van der Waals surface area contributed by atoms with Crippen LogP contribution < -0.4 is 5.32 Å². The molecule has 0 aromatic carbocycles. The maximum absolute atomic E-state index is 12.9. The van der Waals surface area contributed by atoms with E-state index in [-0.39, 0.29) is 5.91 Å². The Kier molecular flexibility index (Phi) is 4.04. The lowest BCUT2D eigenvalue weighted by Gasteiger charge is -2.13. The second kappa shape index (κ2) is 6.48. The average Bonchev–Trinajstić information content (AvgIpc) is 3.27. The zero-order valence-electron chi connectivity index (χ0n) is 13.0. The molecule has 3 aromatic heterocycles. The molecule has 0 unspecified atom stereocenters. The van der Waals surface area contributed by atoms with Crippen molar-refractivity contribution in [3.05, 3.63) is 52.4 Å². The average molecular weight is 340 g/mol. The number of fused-ring (bicyclic) bond motifs is 1. The molecule has 8 heteroatoms. The van der Waals surface area contributed by atoms with Crippen molar-refractivity contribution in [2.24, 2.45) is 0 Å². The Morgan fingerprint density at radius 3 is 3.00 bits per heavy atom. The van der Waals surface area contributed by atoms with E-state index in [4.69, 9.17) is 0 Å². The van der Waals surface area contributed by atoms with Crippen LogP contribution in [0, 0.1) is 0 Å². The van der Waals surface area contributed by atoms with E-state index in [2.05, 4.69) is 25.8 Å². The van der Waals surface area contributed by atoms with Crippen LogP contribution in [0.3, 0.4) is 0 Å². The highest BCUT2D eigenvalue weighted by molar-refractivity contribution is 7.15. The topological polar surface area (TPSA) is 85.6 Å². The SMILES string of the molecule is O=C(NCc1ccccn1)c1c(-n2cnnn2)sc2c1CCCC2. The van der Waals surface area contributed by atoms with Crippen molar-refractivity contribution >= 4 is 17.2 Å². The quantitative estimate of drug-likeness (QED) is 0.784. The van der Waals surface area contributed by atoms with Crippen LogP contribution in [0.5, 0.6) is 0 Å². The zero-order valence-corrected chi connectivity index (χ0v) is 13.8. The number of carbonyl (C=O) groups excluding carboxylic acids is 1. The third-order valence-corrected chi connectivity index (χ3v) is 5.37. The van der Waals surface area contributed by atoms with Crippen molar-refractivity contribution in [2.45, 2.75) is 32.2 Å². The number of nitrogens with one attached hydrogen (secondary N) is 1. The standard InChI is InChI=1S/C16H16N6OS/c23-15(18-9-11-5-3-4-8-17-11)14-12-6-1-2-7-13(12)24-16(14)22-10-19-20-21-22/h3-5,8,10H,1-2,6-7,9H2,(H,18,23). The summed E-state index contributed by atoms with van der Waals surface area (Å²) in [6.45, 7) is 0.402. The summed E-state index contributed by atoms with van der Waals surface area (Å²) in [4.78, 5) is 18.4. The number of hydrogen-bond acceptors (Lipinski definition) is 6. The second-order valence-electron chi connectivity index (χ2n) is 5.65. The lowest BCUT2D eigenvalue weighted by molar-refractivity contribution is 0.0949. The molecule has 4 rings (SSSR count). The predicted molar refractivity (Wildman–Crippen MR) is 89.1 cm³/mol. The maximum Gasteiger partial charge on any atom is 0.254 e. The van der Waals surface area contributed by atoms with Crippen molar-refractivity contribution < 1.29 is 4.79 Å². The lowest BCUT2D eigenvalue weighted by atomic mass is 9.95. The van der Waals surface area contributed by atoms with E-state index in [9.17, 15) is 4.79 Å². The van der Waals surface area contributed by atoms with Gasteiger partial charge in [-0.3, -0.25) is 9.78 Å². The Hall–Kier alpha value is -2.61. The summed E-state index contributed by atoms with van der Waals surface area (Å²) in [6, 6.07) is 5.66. The molecular formula is C16H16N6OS. The summed E-state index contributed by atoms with van der Waals surface area (Å²) in [5.74, 6) is -0.0921. The number of nitrogens with zero attached hydrogens (tertiary/aromatic N) is 5. The van der Waals surface area contributed by atoms with E-state index in [1.165, 1.54) is 11.2 Å². The van der Waals surface area contributed by atoms with Crippen molar-refractivity contribution in [1.82, 2.24) is 30.5 Å². The molecule has 1 aliphatic rings. The van der Waals surface area contributed by atoms with Gasteiger partial charge in [-0.25, -0.2) is 0 Å². The first-order valence-corrected chi connectivity index (χ1v) is 8.70. The number of tetrazole rings is 1. The van der Waals surface area contributed by atoms with Crippen molar-refractivity contribution in [2.75, 3.05) is 0 Å². The first-order valence-electron chi connectivity index (χ1n) is 7.89. The minimum Gasteiger partial charge on any atom is -0.346 e. The Morgan fingerprint density at radius 2 is 2.21 bits per heavy atom. The minimum atomic E-state index is -0.0921. The van der Waals surface area contributed by atoms with Crippen LogP contribution in [0.4, 0.5) is 0 Å². The number of rotatable bonds is 4. The molecule has 3 aromatic rings. The fraction of sp³-hybridized carbons (Fsp3) is 0.312. The highest BCUT2D eigenvalue weighted by Crippen LogP contribution is 2.36. The molecule has 3 heterocycles. The number of thiophene rings is 1. The van der Waals surface area contributed by atoms with E-state index in [0.29, 0.717) is 12.1 Å². The highest BCUT2D eigenvalue weighted by Gasteiger charge is 2.26. The summed E-state index contributed by atoms with van der Waals surface area (Å²) in [5.41, 5.74) is 2.69. The van der Waals surface area contributed by atoms with Gasteiger partial charge in [0.2, 0.25) is 0 Å². The fourth-order valence-corrected chi connectivity index (χ4v) is 4.27. The molecule has 0 aliphatic heterocycles. The number of aromatic nitrogens is 5. The lowest BCUT2D eigenvalue weighted by Crippen LogP contribution is -2.25. The van der Waals surface area contributed by atoms with Gasteiger partial charge in [0.05, 0.1) is 17.8 Å². The molecule has 1 N–H and O–H groups in total. The summed E-state index contributed by atoms with van der Waals surface area (Å²) in [7, 11) is 0. The van der Waals surface area contributed by atoms with E-state index < -0.39 is 0 Å². The summed E-state index contributed by atoms with van der Waals surface area (Å²) >= 11 is 1.61. The number of pyridine rings is 1. The summed E-state index contributed by atoms with van der Waals surface area (Å²) < 4.78 is 1.58. The molecule has 24 heavy (non-hydrogen) atoms. The molecule has 0 saturated heterocycles. The molecule has 0 atom stereocenters. The number of hydrogen-bond donors (Lipinski definition) is 1. The molecule has 0 fully saturated rings. The van der Waals surface area contributed by atoms with Gasteiger partial charge in [0.1, 0.15) is 11.3 Å². The minimum absolute atomic E-state index is 0.0921. The number of aryl methyl sites for hydroxylation is 1. The number of amides is 1. The smallest absolute Gasteiger partial charge is 0.254 e. The van der Waals surface area contributed by atoms with E-state index in [0.717, 1.165) is 41.9 Å². The van der Waals surface area contributed by atoms with Crippen LogP contribution in [0.15, 0.2) is 30.7 Å². The van der Waals surface area contributed by atoms with Gasteiger partial charge in [-0.2, -0.15) is 4.68 Å². The Balaban J connectivity index is 1.65. The highest BCUT2D eigenvalue weighted by atomic mass is 32.1. The van der Waals surface area contributed by atoms with Crippen LogP contribution >= 0.6 is 11.3 Å². The molecule has 0 bridgehead atoms. The van der Waals surface area contributed by atoms with Crippen LogP contribution in [0.1, 0.15) is 39.3 Å². The maximum atomic E-state index is 12.9. The molecule has 1 amide bonds. The Morgan fingerprint density at radius 1 is 1.29 bits per heavy atom. The largest absolute Gasteiger partial charge is 0.346 e. The molecule has 7 nitrogen and oxygen atoms in total. The van der Waals surface area contributed by atoms with Gasteiger partial charge in [-0.05, 0) is 53.8 Å². The van der Waals surface area contributed by atoms with E-state index in [1.807, 2.05) is 18.2 Å². The number of carbonyl (C=O) groups is 1. The van der Waals surface area contributed by atoms with Gasteiger partial charge >= 0.3 is 0 Å². The molecule has 0 saturated carbocycles. The monoisotopic (exact) mass is 340 g/mol. The third kappa shape index (κ3) is 2.80. The van der Waals surface area contributed by atoms with Crippen LogP contribution in [0.25, 0.3) is 5.00 Å². The zero-order chi connectivity index (χ0) is 16.4. The van der Waals surface area contributed by atoms with Crippen LogP contribution in [-0.4, -0.2) is 31.1 Å².